The minimum absolute atomic E-state index is 0.0137. The molecule has 35 heavy (non-hydrogen) atoms. The number of nitrogens with zero attached hydrogens (tertiary/aromatic N) is 2. The lowest BCUT2D eigenvalue weighted by atomic mass is 9.99. The number of carbonyl (C=O) groups is 5. The van der Waals surface area contributed by atoms with Gasteiger partial charge in [0.05, 0.1) is 5.92 Å². The molecule has 1 aromatic carbocycles. The Bertz CT molecular complexity index is 988. The number of carboxylic acids is 2. The highest BCUT2D eigenvalue weighted by molar-refractivity contribution is 5.97. The van der Waals surface area contributed by atoms with Gasteiger partial charge in [-0.3, -0.25) is 14.5 Å². The Balaban J connectivity index is 1.85. The highest BCUT2D eigenvalue weighted by atomic mass is 16.6. The number of rotatable bonds is 6. The number of esters is 1. The summed E-state index contributed by atoms with van der Waals surface area (Å²) < 4.78 is 10.7. The number of amides is 2. The summed E-state index contributed by atoms with van der Waals surface area (Å²) in [7, 11) is 0. The van der Waals surface area contributed by atoms with E-state index >= 15 is 0 Å². The minimum Gasteiger partial charge on any atom is -0.481 e. The standard InChI is InChI=1S/C24H30N2O9/c1-24(2,3)35-22(32)18-15(20(28)29)12-17(21(30)31)26(18)19(27)16-10-7-11-25(16)23(33)34-13-14-8-5-4-6-9-14/h4-6,8-9,15-18H,7,10-13H2,1-3H3,(H,28,29)(H,30,31)/t15-,16-,17-,18-/m0/s1. The van der Waals surface area contributed by atoms with E-state index in [2.05, 4.69) is 0 Å². The number of aliphatic carboxylic acids is 2. The first-order valence-corrected chi connectivity index (χ1v) is 11.4. The maximum absolute atomic E-state index is 13.6. The van der Waals surface area contributed by atoms with Crippen molar-refractivity contribution in [1.82, 2.24) is 9.80 Å². The zero-order valence-corrected chi connectivity index (χ0v) is 19.9. The fraction of sp³-hybridized carbons (Fsp3) is 0.542. The third-order valence-electron chi connectivity index (χ3n) is 5.98. The molecule has 11 heteroatoms. The topological polar surface area (TPSA) is 151 Å². The average molecular weight is 491 g/mol. The number of ether oxygens (including phenoxy) is 2. The van der Waals surface area contributed by atoms with E-state index < -0.39 is 66.0 Å². The molecule has 0 bridgehead atoms. The van der Waals surface area contributed by atoms with Crippen LogP contribution in [0.3, 0.4) is 0 Å². The molecule has 2 aliphatic heterocycles. The molecule has 0 saturated carbocycles. The summed E-state index contributed by atoms with van der Waals surface area (Å²) in [6.45, 7) is 4.93. The summed E-state index contributed by atoms with van der Waals surface area (Å²) in [5.74, 6) is -6.13. The quantitative estimate of drug-likeness (QED) is 0.570. The largest absolute Gasteiger partial charge is 0.481 e. The van der Waals surface area contributed by atoms with E-state index in [1.54, 1.807) is 45.0 Å². The van der Waals surface area contributed by atoms with Gasteiger partial charge in [-0.1, -0.05) is 30.3 Å². The first kappa shape index (κ1) is 26.0. The van der Waals surface area contributed by atoms with E-state index in [0.717, 1.165) is 10.5 Å². The first-order chi connectivity index (χ1) is 16.4. The molecule has 0 aliphatic carbocycles. The Morgan fingerprint density at radius 3 is 2.23 bits per heavy atom. The number of hydrogen-bond acceptors (Lipinski definition) is 7. The van der Waals surface area contributed by atoms with Crippen LogP contribution in [-0.2, 0) is 35.3 Å². The predicted octanol–water partition coefficient (Wildman–Crippen LogP) is 1.88. The molecule has 2 amide bonds. The predicted molar refractivity (Wildman–Crippen MR) is 120 cm³/mol. The molecule has 1 aromatic rings. The van der Waals surface area contributed by atoms with Crippen molar-refractivity contribution in [3.05, 3.63) is 35.9 Å². The van der Waals surface area contributed by atoms with Crippen LogP contribution in [0.4, 0.5) is 4.79 Å². The van der Waals surface area contributed by atoms with Gasteiger partial charge in [0.25, 0.3) is 0 Å². The van der Waals surface area contributed by atoms with Crippen LogP contribution in [0.25, 0.3) is 0 Å². The summed E-state index contributed by atoms with van der Waals surface area (Å²) in [4.78, 5) is 65.2. The zero-order chi connectivity index (χ0) is 25.9. The third-order valence-corrected chi connectivity index (χ3v) is 5.98. The van der Waals surface area contributed by atoms with Gasteiger partial charge in [-0.25, -0.2) is 14.4 Å². The van der Waals surface area contributed by atoms with Gasteiger partial charge in [0.2, 0.25) is 5.91 Å². The highest BCUT2D eigenvalue weighted by Crippen LogP contribution is 2.35. The Hall–Kier alpha value is -3.63. The molecule has 3 rings (SSSR count). The SMILES string of the molecule is CC(C)(C)OC(=O)[C@@H]1[C@@H](C(=O)O)C[C@@H](C(=O)O)N1C(=O)[C@@H]1CCCN1C(=O)OCc1ccccc1. The number of carboxylic acid groups (broad SMARTS) is 2. The van der Waals surface area contributed by atoms with E-state index in [4.69, 9.17) is 9.47 Å². The molecule has 190 valence electrons. The second-order valence-electron chi connectivity index (χ2n) is 9.65. The fourth-order valence-electron chi connectivity index (χ4n) is 4.47. The van der Waals surface area contributed by atoms with Crippen LogP contribution < -0.4 is 0 Å². The van der Waals surface area contributed by atoms with Crippen LogP contribution in [0.15, 0.2) is 30.3 Å². The summed E-state index contributed by atoms with van der Waals surface area (Å²) in [6, 6.07) is 4.68. The minimum atomic E-state index is -1.64. The summed E-state index contributed by atoms with van der Waals surface area (Å²) in [6.07, 6.45) is -0.520. The van der Waals surface area contributed by atoms with Crippen molar-refractivity contribution in [2.24, 2.45) is 5.92 Å². The van der Waals surface area contributed by atoms with Crippen LogP contribution in [0.2, 0.25) is 0 Å². The molecule has 11 nitrogen and oxygen atoms in total. The van der Waals surface area contributed by atoms with Crippen molar-refractivity contribution < 1.29 is 43.7 Å². The molecule has 0 radical (unpaired) electrons. The average Bonchev–Trinajstić information content (AvgIpc) is 3.42. The Kier molecular flexibility index (Phi) is 7.67. The summed E-state index contributed by atoms with van der Waals surface area (Å²) >= 11 is 0. The smallest absolute Gasteiger partial charge is 0.410 e. The lowest BCUT2D eigenvalue weighted by Gasteiger charge is -2.34. The van der Waals surface area contributed by atoms with Crippen LogP contribution in [0, 0.1) is 5.92 Å². The monoisotopic (exact) mass is 490 g/mol. The molecule has 2 N–H and O–H groups in total. The Morgan fingerprint density at radius 1 is 1.00 bits per heavy atom. The number of carbonyl (C=O) groups excluding carboxylic acids is 3. The van der Waals surface area contributed by atoms with E-state index in [0.29, 0.717) is 6.42 Å². The number of benzene rings is 1. The molecule has 2 fully saturated rings. The lowest BCUT2D eigenvalue weighted by Crippen LogP contribution is -2.57. The van der Waals surface area contributed by atoms with Gasteiger partial charge in [-0.15, -0.1) is 0 Å². The molecule has 2 aliphatic rings. The molecule has 0 spiro atoms. The van der Waals surface area contributed by atoms with Gasteiger partial charge in [0, 0.05) is 6.54 Å². The third kappa shape index (κ3) is 5.90. The first-order valence-electron chi connectivity index (χ1n) is 11.4. The van der Waals surface area contributed by atoms with Gasteiger partial charge < -0.3 is 24.6 Å². The van der Waals surface area contributed by atoms with Gasteiger partial charge in [0.15, 0.2) is 0 Å². The number of hydrogen-bond donors (Lipinski definition) is 2. The van der Waals surface area contributed by atoms with E-state index in [9.17, 15) is 34.2 Å². The molecule has 0 unspecified atom stereocenters. The maximum Gasteiger partial charge on any atom is 0.410 e. The summed E-state index contributed by atoms with van der Waals surface area (Å²) in [5.41, 5.74) is -0.237. The molecule has 2 saturated heterocycles. The maximum atomic E-state index is 13.6. The van der Waals surface area contributed by atoms with E-state index in [-0.39, 0.29) is 19.6 Å². The normalized spacial score (nSPS) is 24.2. The second-order valence-corrected chi connectivity index (χ2v) is 9.65. The fourth-order valence-corrected chi connectivity index (χ4v) is 4.47. The van der Waals surface area contributed by atoms with Gasteiger partial charge in [0.1, 0.15) is 30.3 Å². The van der Waals surface area contributed by atoms with Gasteiger partial charge >= 0.3 is 24.0 Å². The second kappa shape index (κ2) is 10.3. The highest BCUT2D eigenvalue weighted by Gasteiger charge is 2.56. The van der Waals surface area contributed by atoms with Gasteiger partial charge in [-0.2, -0.15) is 0 Å². The van der Waals surface area contributed by atoms with E-state index in [1.807, 2.05) is 6.07 Å². The Morgan fingerprint density at radius 2 is 1.66 bits per heavy atom. The molecule has 2 heterocycles. The number of likely N-dealkylation sites (tertiary alicyclic amines) is 2. The molecular formula is C24H30N2O9. The van der Waals surface area contributed by atoms with Gasteiger partial charge in [-0.05, 0) is 45.6 Å². The van der Waals surface area contributed by atoms with Crippen molar-refractivity contribution in [2.45, 2.75) is 70.4 Å². The molecular weight excluding hydrogens is 460 g/mol. The Labute approximate surface area is 202 Å². The lowest BCUT2D eigenvalue weighted by molar-refractivity contribution is -0.170. The van der Waals surface area contributed by atoms with Crippen LogP contribution in [-0.4, -0.2) is 80.2 Å². The molecule has 0 aromatic heterocycles. The van der Waals surface area contributed by atoms with Crippen molar-refractivity contribution in [3.8, 4) is 0 Å². The van der Waals surface area contributed by atoms with Crippen molar-refractivity contribution in [2.75, 3.05) is 6.54 Å². The van der Waals surface area contributed by atoms with Crippen LogP contribution in [0.1, 0.15) is 45.6 Å². The zero-order valence-electron chi connectivity index (χ0n) is 19.9. The van der Waals surface area contributed by atoms with Crippen molar-refractivity contribution >= 4 is 29.9 Å². The van der Waals surface area contributed by atoms with Crippen LogP contribution >= 0.6 is 0 Å². The van der Waals surface area contributed by atoms with E-state index in [1.165, 1.54) is 4.90 Å². The van der Waals surface area contributed by atoms with Crippen LogP contribution in [0.5, 0.6) is 0 Å². The summed E-state index contributed by atoms with van der Waals surface area (Å²) in [5, 5.41) is 19.4. The van der Waals surface area contributed by atoms with Crippen molar-refractivity contribution in [3.63, 3.8) is 0 Å². The molecule has 4 atom stereocenters. The van der Waals surface area contributed by atoms with Crippen molar-refractivity contribution in [1.29, 1.82) is 0 Å².